The van der Waals surface area contributed by atoms with Gasteiger partial charge in [-0.25, -0.2) is 0 Å². The van der Waals surface area contributed by atoms with Gasteiger partial charge in [0.1, 0.15) is 0 Å². The van der Waals surface area contributed by atoms with Crippen LogP contribution in [0.1, 0.15) is 0 Å². The van der Waals surface area contributed by atoms with Gasteiger partial charge in [-0.05, 0) is 0 Å². The Labute approximate surface area is 56.0 Å². The first-order valence-corrected chi connectivity index (χ1v) is 2.33. The van der Waals surface area contributed by atoms with Crippen LogP contribution in [0.25, 0.3) is 0 Å². The van der Waals surface area contributed by atoms with Crippen LogP contribution < -0.4 is 0 Å². The van der Waals surface area contributed by atoms with Crippen LogP contribution >= 0.6 is 0 Å². The average Bonchev–Trinajstić information content (AvgIpc) is 0.811. The molecular formula is H7F6O3V. The molecule has 0 aliphatic heterocycles. The molecule has 3 nitrogen and oxygen atoms in total. The van der Waals surface area contributed by atoms with Crippen molar-refractivity contribution in [2.75, 3.05) is 0 Å². The molecule has 0 aromatic rings. The van der Waals surface area contributed by atoms with Crippen molar-refractivity contribution in [1.29, 1.82) is 0 Å². The van der Waals surface area contributed by atoms with Gasteiger partial charge in [-0.15, -0.1) is 0 Å². The Kier molecular flexibility index (Phi) is 699. The summed E-state index contributed by atoms with van der Waals surface area (Å²) in [6.45, 7) is 0. The van der Waals surface area contributed by atoms with Gasteiger partial charge in [0.05, 0.1) is 0 Å². The van der Waals surface area contributed by atoms with Gasteiger partial charge < -0.3 is 0 Å². The second-order valence-corrected chi connectivity index (χ2v) is 0.981. The molecule has 1 N–H and O–H groups in total. The summed E-state index contributed by atoms with van der Waals surface area (Å²) >= 11 is -3.69. The van der Waals surface area contributed by atoms with Crippen molar-refractivity contribution < 1.29 is 55.0 Å². The minimum atomic E-state index is -3.69. The van der Waals surface area contributed by atoms with Crippen molar-refractivity contribution >= 4 is 0 Å². The summed E-state index contributed by atoms with van der Waals surface area (Å²) in [7, 11) is 0. The van der Waals surface area contributed by atoms with E-state index in [1.165, 1.54) is 0 Å². The molecule has 0 saturated carbocycles. The maximum atomic E-state index is 8.67. The third-order valence-corrected chi connectivity index (χ3v) is 0. The van der Waals surface area contributed by atoms with E-state index >= 15 is 0 Å². The fraction of sp³-hybridized carbons (Fsp3) is 0. The summed E-state index contributed by atoms with van der Waals surface area (Å²) in [5, 5.41) is 0. The van der Waals surface area contributed by atoms with Crippen molar-refractivity contribution in [2.45, 2.75) is 0 Å². The number of rotatable bonds is 0. The molecule has 0 fully saturated rings. The second-order valence-electron chi connectivity index (χ2n) is 0.238. The first-order valence-electron chi connectivity index (χ1n) is 0.565. The van der Waals surface area contributed by atoms with Crippen LogP contribution in [0.5, 0.6) is 0 Å². The van der Waals surface area contributed by atoms with Gasteiger partial charge >= 0.3 is 26.8 Å². The predicted octanol–water partition coefficient (Wildman–Crippen LogP) is 0.118. The summed E-state index contributed by atoms with van der Waals surface area (Å²) in [6, 6.07) is 0. The van der Waals surface area contributed by atoms with Gasteiger partial charge in [-0.1, -0.05) is 0 Å². The summed E-state index contributed by atoms with van der Waals surface area (Å²) in [5.41, 5.74) is 0. The van der Waals surface area contributed by atoms with E-state index in [4.69, 9.17) is 11.4 Å². The molecule has 72 valence electrons. The third-order valence-electron chi connectivity index (χ3n) is 0. The summed E-state index contributed by atoms with van der Waals surface area (Å²) in [5.74, 6) is 0. The zero-order valence-electron chi connectivity index (χ0n) is 4.16. The molecule has 0 aromatic heterocycles. The van der Waals surface area contributed by atoms with Gasteiger partial charge in [0.2, 0.25) is 0 Å². The van der Waals surface area contributed by atoms with Gasteiger partial charge in [-0.3, -0.25) is 28.2 Å². The van der Waals surface area contributed by atoms with Crippen molar-refractivity contribution in [3.63, 3.8) is 0 Å². The Balaban J connectivity index is -0.00000000300. The SMILES string of the molecule is F.F.F.F.F.F.[O]=[V](=[O])[OH]. The molecule has 0 aromatic carbocycles. The van der Waals surface area contributed by atoms with Crippen LogP contribution in [0.3, 0.4) is 0 Å². The molecule has 0 aliphatic carbocycles. The maximum absolute atomic E-state index is 8.67. The number of halogens is 6. The van der Waals surface area contributed by atoms with Crippen LogP contribution in [0.2, 0.25) is 0 Å². The molecule has 0 unspecified atom stereocenters. The average molecular weight is 220 g/mol. The zero-order chi connectivity index (χ0) is 3.58. The molecule has 0 rings (SSSR count). The normalized spacial score (nSPS) is 2.50. The Bertz CT molecular complexity index is 61.4. The van der Waals surface area contributed by atoms with E-state index in [2.05, 4.69) is 0 Å². The fourth-order valence-electron chi connectivity index (χ4n) is 0. The van der Waals surface area contributed by atoms with Gasteiger partial charge in [0.25, 0.3) is 0 Å². The summed E-state index contributed by atoms with van der Waals surface area (Å²) in [6.07, 6.45) is 0. The van der Waals surface area contributed by atoms with E-state index in [1.807, 2.05) is 0 Å². The van der Waals surface area contributed by atoms with Crippen molar-refractivity contribution in [2.24, 2.45) is 0 Å². The molecule has 0 radical (unpaired) electrons. The van der Waals surface area contributed by atoms with E-state index in [0.717, 1.165) is 0 Å². The van der Waals surface area contributed by atoms with Crippen molar-refractivity contribution in [1.82, 2.24) is 0 Å². The first kappa shape index (κ1) is 99.7. The van der Waals surface area contributed by atoms with E-state index in [1.54, 1.807) is 0 Å². The van der Waals surface area contributed by atoms with E-state index in [-0.39, 0.29) is 28.2 Å². The van der Waals surface area contributed by atoms with Crippen LogP contribution in [0.4, 0.5) is 28.2 Å². The fourth-order valence-corrected chi connectivity index (χ4v) is 0. The Morgan fingerprint density at radius 1 is 0.700 bits per heavy atom. The van der Waals surface area contributed by atoms with Gasteiger partial charge in [-0.2, -0.15) is 0 Å². The second kappa shape index (κ2) is 70.1. The Morgan fingerprint density at radius 2 is 0.700 bits per heavy atom. The van der Waals surface area contributed by atoms with Crippen LogP contribution in [-0.2, 0) is 22.7 Å². The zero-order valence-corrected chi connectivity index (χ0v) is 5.56. The third kappa shape index (κ3) is 4600. The molecule has 0 amide bonds. The molecule has 0 bridgehead atoms. The molecule has 0 atom stereocenters. The van der Waals surface area contributed by atoms with Gasteiger partial charge in [0.15, 0.2) is 0 Å². The predicted molar refractivity (Wildman–Crippen MR) is 18.6 cm³/mol. The summed E-state index contributed by atoms with van der Waals surface area (Å²) < 4.78 is 24.4. The molecule has 0 saturated heterocycles. The van der Waals surface area contributed by atoms with E-state index in [0.29, 0.717) is 0 Å². The van der Waals surface area contributed by atoms with E-state index in [9.17, 15) is 0 Å². The quantitative estimate of drug-likeness (QED) is 0.589. The Hall–Kier alpha value is -0.276. The topological polar surface area (TPSA) is 54.4 Å². The molecule has 10 heavy (non-hydrogen) atoms. The minimum absolute atomic E-state index is 0. The van der Waals surface area contributed by atoms with Crippen LogP contribution in [0, 0.1) is 0 Å². The molecule has 0 aliphatic rings. The number of hydrogen-bond donors (Lipinski definition) is 1. The molecule has 0 heterocycles. The van der Waals surface area contributed by atoms with Crippen molar-refractivity contribution in [3.05, 3.63) is 0 Å². The summed E-state index contributed by atoms with van der Waals surface area (Å²) in [4.78, 5) is 0. The number of hydrogen-bond acceptors (Lipinski definition) is 2. The molecule has 0 spiro atoms. The molecule has 10 heteroatoms. The first-order chi connectivity index (χ1) is 1.73. The van der Waals surface area contributed by atoms with Crippen LogP contribution in [0.15, 0.2) is 0 Å². The molecular weight excluding hydrogens is 213 g/mol. The van der Waals surface area contributed by atoms with Crippen molar-refractivity contribution in [3.8, 4) is 0 Å². The Morgan fingerprint density at radius 3 is 0.700 bits per heavy atom. The monoisotopic (exact) mass is 220 g/mol. The van der Waals surface area contributed by atoms with Gasteiger partial charge in [0, 0.05) is 0 Å². The standard InChI is InChI=1S/6FH.H2O.2O.V/h6*1H;1H2;;;/q;;;;;;;;;+1/p-1. The van der Waals surface area contributed by atoms with Crippen LogP contribution in [-0.4, -0.2) is 4.03 Å². The van der Waals surface area contributed by atoms with E-state index < -0.39 is 15.4 Å².